The van der Waals surface area contributed by atoms with Crippen LogP contribution in [0.1, 0.15) is 26.2 Å². The maximum atomic E-state index is 10.8. The van der Waals surface area contributed by atoms with Gasteiger partial charge in [-0.2, -0.15) is 0 Å². The Morgan fingerprint density at radius 2 is 2.00 bits per heavy atom. The van der Waals surface area contributed by atoms with Crippen molar-refractivity contribution in [3.05, 3.63) is 11.1 Å². The van der Waals surface area contributed by atoms with Gasteiger partial charge in [-0.25, -0.2) is 4.79 Å². The second-order valence-electron chi connectivity index (χ2n) is 3.28. The number of hydrogen-bond acceptors (Lipinski definition) is 2. The van der Waals surface area contributed by atoms with Gasteiger partial charge >= 0.3 is 11.9 Å². The molecule has 0 spiro atoms. The van der Waals surface area contributed by atoms with Crippen molar-refractivity contribution in [1.29, 1.82) is 0 Å². The monoisotopic (exact) mass is 184 g/mol. The van der Waals surface area contributed by atoms with Gasteiger partial charge in [0.25, 0.3) is 0 Å². The minimum Gasteiger partial charge on any atom is -0.481 e. The van der Waals surface area contributed by atoms with Crippen LogP contribution in [0.15, 0.2) is 11.1 Å². The molecule has 1 atom stereocenters. The molecule has 0 fully saturated rings. The van der Waals surface area contributed by atoms with Gasteiger partial charge in [0, 0.05) is 0 Å². The lowest BCUT2D eigenvalue weighted by Gasteiger charge is -2.21. The van der Waals surface area contributed by atoms with Gasteiger partial charge in [-0.1, -0.05) is 5.57 Å². The Balaban J connectivity index is 3.03. The summed E-state index contributed by atoms with van der Waals surface area (Å²) in [6.07, 6.45) is 1.90. The Hall–Kier alpha value is -1.32. The van der Waals surface area contributed by atoms with E-state index >= 15 is 0 Å². The van der Waals surface area contributed by atoms with E-state index in [9.17, 15) is 9.59 Å². The van der Waals surface area contributed by atoms with Crippen molar-refractivity contribution in [2.45, 2.75) is 26.2 Å². The summed E-state index contributed by atoms with van der Waals surface area (Å²) >= 11 is 0. The molecular formula is C9H12O4. The summed E-state index contributed by atoms with van der Waals surface area (Å²) in [5.74, 6) is -2.94. The fraction of sp³-hybridized carbons (Fsp3) is 0.556. The molecule has 72 valence electrons. The van der Waals surface area contributed by atoms with Gasteiger partial charge in [0.2, 0.25) is 0 Å². The molecule has 0 amide bonds. The number of aliphatic carboxylic acids is 2. The van der Waals surface area contributed by atoms with E-state index in [0.717, 1.165) is 6.42 Å². The minimum atomic E-state index is -1.09. The third kappa shape index (κ3) is 1.88. The van der Waals surface area contributed by atoms with E-state index in [1.54, 1.807) is 6.92 Å². The molecule has 1 rings (SSSR count). The average Bonchev–Trinajstić information content (AvgIpc) is 2.02. The lowest BCUT2D eigenvalue weighted by Crippen LogP contribution is -2.25. The quantitative estimate of drug-likeness (QED) is 0.677. The summed E-state index contributed by atoms with van der Waals surface area (Å²) in [7, 11) is 0. The van der Waals surface area contributed by atoms with Crippen molar-refractivity contribution < 1.29 is 19.8 Å². The van der Waals surface area contributed by atoms with Crippen molar-refractivity contribution in [1.82, 2.24) is 0 Å². The topological polar surface area (TPSA) is 74.6 Å². The van der Waals surface area contributed by atoms with E-state index in [0.29, 0.717) is 18.4 Å². The number of carboxylic acids is 2. The van der Waals surface area contributed by atoms with Crippen molar-refractivity contribution in [3.63, 3.8) is 0 Å². The number of hydrogen-bond donors (Lipinski definition) is 2. The third-order valence-electron chi connectivity index (χ3n) is 2.38. The van der Waals surface area contributed by atoms with E-state index in [1.165, 1.54) is 0 Å². The summed E-state index contributed by atoms with van der Waals surface area (Å²) in [4.78, 5) is 21.5. The molecule has 2 N–H and O–H groups in total. The predicted octanol–water partition coefficient (Wildman–Crippen LogP) is 1.27. The van der Waals surface area contributed by atoms with Crippen molar-refractivity contribution >= 4 is 11.9 Å². The lowest BCUT2D eigenvalue weighted by molar-refractivity contribution is -0.144. The van der Waals surface area contributed by atoms with Gasteiger partial charge < -0.3 is 10.2 Å². The zero-order valence-electron chi connectivity index (χ0n) is 7.41. The van der Waals surface area contributed by atoms with Crippen LogP contribution in [0.3, 0.4) is 0 Å². The van der Waals surface area contributed by atoms with Crippen molar-refractivity contribution in [2.24, 2.45) is 5.92 Å². The van der Waals surface area contributed by atoms with E-state index in [4.69, 9.17) is 10.2 Å². The highest BCUT2D eigenvalue weighted by Crippen LogP contribution is 2.30. The number of carbonyl (C=O) groups is 2. The maximum Gasteiger partial charge on any atom is 0.332 e. The molecule has 0 radical (unpaired) electrons. The molecule has 13 heavy (non-hydrogen) atoms. The highest BCUT2D eigenvalue weighted by Gasteiger charge is 2.31. The second kappa shape index (κ2) is 3.60. The van der Waals surface area contributed by atoms with Crippen LogP contribution in [0.4, 0.5) is 0 Å². The Morgan fingerprint density at radius 1 is 1.38 bits per heavy atom. The molecule has 0 saturated carbocycles. The molecule has 1 aliphatic carbocycles. The Morgan fingerprint density at radius 3 is 2.38 bits per heavy atom. The molecule has 0 saturated heterocycles. The molecule has 4 heteroatoms. The average molecular weight is 184 g/mol. The van der Waals surface area contributed by atoms with Gasteiger partial charge in [0.1, 0.15) is 0 Å². The Bertz CT molecular complexity index is 277. The smallest absolute Gasteiger partial charge is 0.332 e. The zero-order chi connectivity index (χ0) is 10.0. The van der Waals surface area contributed by atoms with Crippen LogP contribution in [-0.2, 0) is 9.59 Å². The largest absolute Gasteiger partial charge is 0.481 e. The fourth-order valence-electron chi connectivity index (χ4n) is 1.73. The Kier molecular flexibility index (Phi) is 2.70. The molecule has 1 unspecified atom stereocenters. The van der Waals surface area contributed by atoms with Crippen LogP contribution >= 0.6 is 0 Å². The standard InChI is InChI=1S/C9H12O4/c1-5-3-2-4-6(8(10)11)7(5)9(12)13/h6H,2-4H2,1H3,(H,10,11)(H,12,13). The first-order valence-electron chi connectivity index (χ1n) is 4.19. The molecule has 0 bridgehead atoms. The van der Waals surface area contributed by atoms with Gasteiger partial charge in [-0.3, -0.25) is 4.79 Å². The summed E-state index contributed by atoms with van der Waals surface area (Å²) in [6.45, 7) is 1.69. The van der Waals surface area contributed by atoms with E-state index < -0.39 is 17.9 Å². The summed E-state index contributed by atoms with van der Waals surface area (Å²) in [5.41, 5.74) is 0.782. The Labute approximate surface area is 75.9 Å². The third-order valence-corrected chi connectivity index (χ3v) is 2.38. The van der Waals surface area contributed by atoms with Crippen molar-refractivity contribution in [2.75, 3.05) is 0 Å². The first kappa shape index (κ1) is 9.77. The van der Waals surface area contributed by atoms with E-state index in [1.807, 2.05) is 0 Å². The highest BCUT2D eigenvalue weighted by molar-refractivity contribution is 5.94. The van der Waals surface area contributed by atoms with Crippen LogP contribution in [-0.4, -0.2) is 22.2 Å². The van der Waals surface area contributed by atoms with E-state index in [-0.39, 0.29) is 5.57 Å². The molecule has 0 aromatic heterocycles. The fourth-order valence-corrected chi connectivity index (χ4v) is 1.73. The molecule has 0 heterocycles. The molecule has 0 aromatic rings. The SMILES string of the molecule is CC1=C(C(=O)O)C(C(=O)O)CCC1. The van der Waals surface area contributed by atoms with Crippen LogP contribution in [0.2, 0.25) is 0 Å². The summed E-state index contributed by atoms with van der Waals surface area (Å²) in [6, 6.07) is 0. The van der Waals surface area contributed by atoms with Crippen molar-refractivity contribution in [3.8, 4) is 0 Å². The lowest BCUT2D eigenvalue weighted by atomic mass is 9.83. The molecule has 0 aliphatic heterocycles. The molecule has 0 aromatic carbocycles. The number of rotatable bonds is 2. The maximum absolute atomic E-state index is 10.8. The van der Waals surface area contributed by atoms with E-state index in [2.05, 4.69) is 0 Å². The van der Waals surface area contributed by atoms with Crippen LogP contribution < -0.4 is 0 Å². The first-order chi connectivity index (χ1) is 6.04. The van der Waals surface area contributed by atoms with Gasteiger partial charge in [-0.05, 0) is 26.2 Å². The summed E-state index contributed by atoms with van der Waals surface area (Å²) < 4.78 is 0. The minimum absolute atomic E-state index is 0.0822. The highest BCUT2D eigenvalue weighted by atomic mass is 16.4. The van der Waals surface area contributed by atoms with Crippen LogP contribution in [0, 0.1) is 5.92 Å². The molecule has 1 aliphatic rings. The van der Waals surface area contributed by atoms with Crippen LogP contribution in [0.25, 0.3) is 0 Å². The molecule has 4 nitrogen and oxygen atoms in total. The van der Waals surface area contributed by atoms with Gasteiger partial charge in [-0.15, -0.1) is 0 Å². The normalized spacial score (nSPS) is 23.0. The van der Waals surface area contributed by atoms with Crippen LogP contribution in [0.5, 0.6) is 0 Å². The summed E-state index contributed by atoms with van der Waals surface area (Å²) in [5, 5.41) is 17.6. The first-order valence-corrected chi connectivity index (χ1v) is 4.19. The molecular weight excluding hydrogens is 172 g/mol. The van der Waals surface area contributed by atoms with Gasteiger partial charge in [0.05, 0.1) is 11.5 Å². The second-order valence-corrected chi connectivity index (χ2v) is 3.28. The number of allylic oxidation sites excluding steroid dienone is 1. The predicted molar refractivity (Wildman–Crippen MR) is 45.3 cm³/mol. The van der Waals surface area contributed by atoms with Gasteiger partial charge in [0.15, 0.2) is 0 Å². The number of carboxylic acid groups (broad SMARTS) is 2. The zero-order valence-corrected chi connectivity index (χ0v) is 7.41.